The Morgan fingerprint density at radius 1 is 0.816 bits per heavy atom. The fourth-order valence-corrected chi connectivity index (χ4v) is 11.3. The van der Waals surface area contributed by atoms with Gasteiger partial charge in [-0.15, -0.1) is 0 Å². The quantitative estimate of drug-likeness (QED) is 0.347. The van der Waals surface area contributed by atoms with Crippen LogP contribution in [0.4, 0.5) is 0 Å². The van der Waals surface area contributed by atoms with Crippen LogP contribution in [0.15, 0.2) is 18.2 Å². The predicted molar refractivity (Wildman–Crippen MR) is 163 cm³/mol. The molecule has 0 aliphatic heterocycles. The second-order valence-corrected chi connectivity index (χ2v) is 16.3. The summed E-state index contributed by atoms with van der Waals surface area (Å²) in [4.78, 5) is 0. The highest BCUT2D eigenvalue weighted by molar-refractivity contribution is 5.36. The lowest BCUT2D eigenvalue weighted by molar-refractivity contribution is -0.174. The van der Waals surface area contributed by atoms with Crippen molar-refractivity contribution in [2.75, 3.05) is 0 Å². The molecule has 0 saturated heterocycles. The molecule has 1 heteroatoms. The first-order valence-corrected chi connectivity index (χ1v) is 16.6. The van der Waals surface area contributed by atoms with Gasteiger partial charge in [0.1, 0.15) is 11.9 Å². The van der Waals surface area contributed by atoms with Crippen LogP contribution in [0.1, 0.15) is 130 Å². The molecule has 4 aliphatic carbocycles. The van der Waals surface area contributed by atoms with Crippen LogP contribution >= 0.6 is 0 Å². The van der Waals surface area contributed by atoms with Gasteiger partial charge in [-0.1, -0.05) is 79.9 Å². The number of hydrogen-bond donors (Lipinski definition) is 0. The van der Waals surface area contributed by atoms with Gasteiger partial charge in [0.15, 0.2) is 0 Å². The second kappa shape index (κ2) is 10.4. The molecule has 0 radical (unpaired) electrons. The van der Waals surface area contributed by atoms with Gasteiger partial charge in [-0.2, -0.15) is 0 Å². The maximum atomic E-state index is 6.88. The van der Waals surface area contributed by atoms with Crippen molar-refractivity contribution in [2.45, 2.75) is 139 Å². The van der Waals surface area contributed by atoms with Crippen LogP contribution in [0.2, 0.25) is 0 Å². The normalized spacial score (nSPS) is 40.8. The van der Waals surface area contributed by atoms with Crippen LogP contribution in [0, 0.1) is 71.5 Å². The molecule has 0 heterocycles. The van der Waals surface area contributed by atoms with E-state index >= 15 is 0 Å². The van der Waals surface area contributed by atoms with Crippen molar-refractivity contribution in [3.8, 4) is 5.75 Å². The summed E-state index contributed by atoms with van der Waals surface area (Å²) in [5, 5.41) is 0. The van der Waals surface area contributed by atoms with E-state index in [4.69, 9.17) is 4.74 Å². The van der Waals surface area contributed by atoms with Crippen molar-refractivity contribution in [2.24, 2.45) is 57.7 Å². The molecule has 0 bridgehead atoms. The minimum Gasteiger partial charge on any atom is -0.490 e. The van der Waals surface area contributed by atoms with Gasteiger partial charge in [-0.3, -0.25) is 0 Å². The maximum Gasteiger partial charge on any atom is 0.122 e. The van der Waals surface area contributed by atoms with Crippen molar-refractivity contribution in [3.63, 3.8) is 0 Å². The van der Waals surface area contributed by atoms with Gasteiger partial charge in [-0.05, 0) is 135 Å². The molecule has 0 amide bonds. The molecule has 1 aromatic rings. The Morgan fingerprint density at radius 2 is 1.53 bits per heavy atom. The summed E-state index contributed by atoms with van der Waals surface area (Å²) in [6, 6.07) is 6.71. The molecule has 4 saturated carbocycles. The summed E-state index contributed by atoms with van der Waals surface area (Å²) < 4.78 is 6.88. The van der Waals surface area contributed by atoms with Crippen molar-refractivity contribution < 1.29 is 4.74 Å². The number of fused-ring (bicyclic) bond motifs is 5. The fourth-order valence-electron chi connectivity index (χ4n) is 11.3. The molecule has 0 aromatic heterocycles. The smallest absolute Gasteiger partial charge is 0.122 e. The monoisotopic (exact) mass is 520 g/mol. The van der Waals surface area contributed by atoms with Crippen LogP contribution < -0.4 is 4.74 Å². The minimum atomic E-state index is 0.220. The Labute approximate surface area is 236 Å². The van der Waals surface area contributed by atoms with E-state index in [1.807, 2.05) is 0 Å². The van der Waals surface area contributed by atoms with Crippen molar-refractivity contribution >= 4 is 0 Å². The highest BCUT2D eigenvalue weighted by Gasteiger charge is 2.63. The molecule has 0 spiro atoms. The molecule has 9 atom stereocenters. The average molecular weight is 521 g/mol. The van der Waals surface area contributed by atoms with E-state index in [9.17, 15) is 0 Å². The van der Waals surface area contributed by atoms with Crippen molar-refractivity contribution in [1.29, 1.82) is 0 Å². The van der Waals surface area contributed by atoms with E-state index in [1.165, 1.54) is 81.8 Å². The van der Waals surface area contributed by atoms with Crippen LogP contribution in [0.3, 0.4) is 0 Å². The van der Waals surface area contributed by atoms with Crippen LogP contribution in [-0.2, 0) is 0 Å². The Kier molecular flexibility index (Phi) is 7.85. The molecule has 9 unspecified atom stereocenters. The number of ether oxygens (including phenoxy) is 1. The van der Waals surface area contributed by atoms with E-state index in [0.717, 1.165) is 47.2 Å². The molecule has 1 nitrogen and oxygen atoms in total. The standard InChI is InChI=1S/C37H60O/c1-24(2)11-10-12-26(4)29-16-17-30-28-15-18-33-35(6,7)34(38-32-23-25(3)13-14-27(32)5)20-22-37(33,9)31(28)19-21-36(29,30)8/h13-14,23-24,26,28-31,33-34H,10-12,15-22H2,1-9H3. The summed E-state index contributed by atoms with van der Waals surface area (Å²) in [6.07, 6.45) is 16.1. The highest BCUT2D eigenvalue weighted by Crippen LogP contribution is 2.70. The van der Waals surface area contributed by atoms with E-state index in [2.05, 4.69) is 80.5 Å². The number of hydrogen-bond acceptors (Lipinski definition) is 1. The highest BCUT2D eigenvalue weighted by atomic mass is 16.5. The maximum absolute atomic E-state index is 6.88. The third-order valence-electron chi connectivity index (χ3n) is 13.4. The Hall–Kier alpha value is -0.980. The fraction of sp³-hybridized carbons (Fsp3) is 0.838. The zero-order chi connectivity index (χ0) is 27.5. The Bertz CT molecular complexity index is 975. The third-order valence-corrected chi connectivity index (χ3v) is 13.4. The minimum absolute atomic E-state index is 0.220. The lowest BCUT2D eigenvalue weighted by Gasteiger charge is -2.65. The molecule has 5 rings (SSSR count). The number of aryl methyl sites for hydroxylation is 2. The van der Waals surface area contributed by atoms with Crippen molar-refractivity contribution in [3.05, 3.63) is 29.3 Å². The van der Waals surface area contributed by atoms with Crippen LogP contribution in [0.5, 0.6) is 5.75 Å². The van der Waals surface area contributed by atoms with Gasteiger partial charge in [0.05, 0.1) is 0 Å². The summed E-state index contributed by atoms with van der Waals surface area (Å²) >= 11 is 0. The van der Waals surface area contributed by atoms with Gasteiger partial charge in [0, 0.05) is 5.41 Å². The molecule has 214 valence electrons. The van der Waals surface area contributed by atoms with E-state index < -0.39 is 0 Å². The summed E-state index contributed by atoms with van der Waals surface area (Å²) in [6.45, 7) is 22.4. The average Bonchev–Trinajstić information content (AvgIpc) is 3.20. The molecule has 4 fully saturated rings. The van der Waals surface area contributed by atoms with Crippen LogP contribution in [0.25, 0.3) is 0 Å². The van der Waals surface area contributed by atoms with Gasteiger partial charge >= 0.3 is 0 Å². The topological polar surface area (TPSA) is 9.23 Å². The lowest BCUT2D eigenvalue weighted by Crippen LogP contribution is -2.60. The molecule has 1 aromatic carbocycles. The van der Waals surface area contributed by atoms with Gasteiger partial charge in [0.2, 0.25) is 0 Å². The lowest BCUT2D eigenvalue weighted by atomic mass is 9.41. The summed E-state index contributed by atoms with van der Waals surface area (Å²) in [7, 11) is 0. The summed E-state index contributed by atoms with van der Waals surface area (Å²) in [5.41, 5.74) is 3.89. The molecule has 0 N–H and O–H groups in total. The number of benzene rings is 1. The SMILES string of the molecule is Cc1ccc(C)c(OC2CCC3(C)C4CCC5(C)C(C(C)CCCC(C)C)CCC5C4CCC3C2(C)C)c1. The number of rotatable bonds is 7. The first kappa shape index (κ1) is 28.5. The Balaban J connectivity index is 1.31. The second-order valence-electron chi connectivity index (χ2n) is 16.3. The molecular weight excluding hydrogens is 460 g/mol. The Morgan fingerprint density at radius 3 is 2.26 bits per heavy atom. The largest absolute Gasteiger partial charge is 0.490 e. The molecule has 38 heavy (non-hydrogen) atoms. The van der Waals surface area contributed by atoms with Gasteiger partial charge in [-0.25, -0.2) is 0 Å². The zero-order valence-corrected chi connectivity index (χ0v) is 26.5. The van der Waals surface area contributed by atoms with E-state index in [0.29, 0.717) is 16.9 Å². The first-order chi connectivity index (χ1) is 17.9. The van der Waals surface area contributed by atoms with E-state index in [1.54, 1.807) is 0 Å². The summed E-state index contributed by atoms with van der Waals surface area (Å²) in [5.74, 6) is 7.48. The van der Waals surface area contributed by atoms with Crippen molar-refractivity contribution in [1.82, 2.24) is 0 Å². The first-order valence-electron chi connectivity index (χ1n) is 16.6. The zero-order valence-electron chi connectivity index (χ0n) is 26.5. The third kappa shape index (κ3) is 4.79. The predicted octanol–water partition coefficient (Wildman–Crippen LogP) is 10.8. The van der Waals surface area contributed by atoms with Crippen LogP contribution in [-0.4, -0.2) is 6.10 Å². The van der Waals surface area contributed by atoms with Gasteiger partial charge < -0.3 is 4.74 Å². The van der Waals surface area contributed by atoms with E-state index in [-0.39, 0.29) is 5.41 Å². The van der Waals surface area contributed by atoms with Gasteiger partial charge in [0.25, 0.3) is 0 Å². The molecule has 4 aliphatic rings. The molecular formula is C37H60O.